The first-order valence-electron chi connectivity index (χ1n) is 5.67. The van der Waals surface area contributed by atoms with Gasteiger partial charge < -0.3 is 10.5 Å². The van der Waals surface area contributed by atoms with Crippen molar-refractivity contribution in [2.24, 2.45) is 11.7 Å². The topological polar surface area (TPSA) is 38.5 Å². The second-order valence-electron chi connectivity index (χ2n) is 4.65. The van der Waals surface area contributed by atoms with E-state index in [0.29, 0.717) is 5.92 Å². The van der Waals surface area contributed by atoms with Crippen molar-refractivity contribution in [3.63, 3.8) is 0 Å². The van der Waals surface area contributed by atoms with Gasteiger partial charge in [-0.1, -0.05) is 13.8 Å². The zero-order chi connectivity index (χ0) is 10.6. The van der Waals surface area contributed by atoms with Gasteiger partial charge in [-0.3, -0.25) is 4.90 Å². The van der Waals surface area contributed by atoms with E-state index in [9.17, 15) is 0 Å². The van der Waals surface area contributed by atoms with Crippen molar-refractivity contribution >= 4 is 0 Å². The summed E-state index contributed by atoms with van der Waals surface area (Å²) in [4.78, 5) is 2.42. The molecule has 0 unspecified atom stereocenters. The average molecular weight is 200 g/mol. The molecule has 2 N–H and O–H groups in total. The van der Waals surface area contributed by atoms with E-state index >= 15 is 0 Å². The fourth-order valence-electron chi connectivity index (χ4n) is 1.84. The summed E-state index contributed by atoms with van der Waals surface area (Å²) >= 11 is 0. The predicted octanol–water partition coefficient (Wildman–Crippen LogP) is 1.08. The molecule has 3 heteroatoms. The van der Waals surface area contributed by atoms with Crippen LogP contribution in [0.15, 0.2) is 0 Å². The summed E-state index contributed by atoms with van der Waals surface area (Å²) in [6.07, 6.45) is 1.13. The first-order valence-corrected chi connectivity index (χ1v) is 5.67. The Hall–Kier alpha value is -0.120. The van der Waals surface area contributed by atoms with Crippen molar-refractivity contribution in [1.82, 2.24) is 4.90 Å². The van der Waals surface area contributed by atoms with Crippen molar-refractivity contribution in [3.8, 4) is 0 Å². The molecule has 1 aliphatic heterocycles. The molecule has 0 aromatic carbocycles. The van der Waals surface area contributed by atoms with E-state index in [1.165, 1.54) is 0 Å². The van der Waals surface area contributed by atoms with Crippen molar-refractivity contribution in [2.75, 3.05) is 32.8 Å². The summed E-state index contributed by atoms with van der Waals surface area (Å²) in [7, 11) is 0. The maximum absolute atomic E-state index is 6.19. The van der Waals surface area contributed by atoms with E-state index in [0.717, 1.165) is 39.3 Å². The van der Waals surface area contributed by atoms with Crippen LogP contribution in [0.3, 0.4) is 0 Å². The van der Waals surface area contributed by atoms with Crippen LogP contribution in [0.1, 0.15) is 27.2 Å². The Balaban J connectivity index is 2.04. The minimum atomic E-state index is 0.0750. The molecule has 0 amide bonds. The Morgan fingerprint density at radius 2 is 2.07 bits per heavy atom. The number of likely N-dealkylation sites (tertiary alicyclic amines) is 1. The van der Waals surface area contributed by atoms with Gasteiger partial charge in [0, 0.05) is 38.4 Å². The van der Waals surface area contributed by atoms with Gasteiger partial charge in [-0.25, -0.2) is 0 Å². The molecule has 1 fully saturated rings. The lowest BCUT2D eigenvalue weighted by atomic mass is 9.80. The van der Waals surface area contributed by atoms with Crippen molar-refractivity contribution < 1.29 is 4.74 Å². The van der Waals surface area contributed by atoms with E-state index in [-0.39, 0.29) is 5.54 Å². The van der Waals surface area contributed by atoms with Crippen LogP contribution in [0.2, 0.25) is 0 Å². The van der Waals surface area contributed by atoms with E-state index in [2.05, 4.69) is 18.7 Å². The smallest absolute Gasteiger partial charge is 0.0478 e. The zero-order valence-corrected chi connectivity index (χ0v) is 9.75. The predicted molar refractivity (Wildman–Crippen MR) is 59.3 cm³/mol. The van der Waals surface area contributed by atoms with Crippen LogP contribution >= 0.6 is 0 Å². The van der Waals surface area contributed by atoms with Crippen LogP contribution in [0.5, 0.6) is 0 Å². The normalized spacial score (nSPS) is 21.2. The van der Waals surface area contributed by atoms with Crippen molar-refractivity contribution in [2.45, 2.75) is 32.7 Å². The lowest BCUT2D eigenvalue weighted by Crippen LogP contribution is -2.69. The highest BCUT2D eigenvalue weighted by Crippen LogP contribution is 2.25. The minimum Gasteiger partial charge on any atom is -0.382 e. The molecule has 0 spiro atoms. The first-order chi connectivity index (χ1) is 6.58. The summed E-state index contributed by atoms with van der Waals surface area (Å²) in [5.74, 6) is 0.589. The molecular weight excluding hydrogens is 176 g/mol. The van der Waals surface area contributed by atoms with Gasteiger partial charge in [0.25, 0.3) is 0 Å². The van der Waals surface area contributed by atoms with Gasteiger partial charge in [0.15, 0.2) is 0 Å². The molecule has 0 bridgehead atoms. The van der Waals surface area contributed by atoms with Gasteiger partial charge in [0.05, 0.1) is 0 Å². The van der Waals surface area contributed by atoms with Gasteiger partial charge in [0.2, 0.25) is 0 Å². The second kappa shape index (κ2) is 5.10. The lowest BCUT2D eigenvalue weighted by Gasteiger charge is -2.50. The lowest BCUT2D eigenvalue weighted by molar-refractivity contribution is 0.0288. The van der Waals surface area contributed by atoms with E-state index in [4.69, 9.17) is 10.5 Å². The molecule has 0 saturated carbocycles. The quantitative estimate of drug-likeness (QED) is 0.652. The Kier molecular flexibility index (Phi) is 4.35. The van der Waals surface area contributed by atoms with Gasteiger partial charge >= 0.3 is 0 Å². The molecule has 1 saturated heterocycles. The van der Waals surface area contributed by atoms with E-state index in [1.807, 2.05) is 6.92 Å². The molecule has 0 atom stereocenters. The Labute approximate surface area is 87.6 Å². The van der Waals surface area contributed by atoms with Crippen molar-refractivity contribution in [1.29, 1.82) is 0 Å². The molecular formula is C11H24N2O. The average Bonchev–Trinajstić information content (AvgIpc) is 2.08. The van der Waals surface area contributed by atoms with Crippen LogP contribution in [-0.2, 0) is 4.74 Å². The van der Waals surface area contributed by atoms with Gasteiger partial charge in [-0.05, 0) is 19.3 Å². The fraction of sp³-hybridized carbons (Fsp3) is 1.00. The van der Waals surface area contributed by atoms with Crippen LogP contribution in [0, 0.1) is 5.92 Å². The summed E-state index contributed by atoms with van der Waals surface area (Å²) in [5, 5.41) is 0. The monoisotopic (exact) mass is 200 g/mol. The molecule has 1 heterocycles. The first kappa shape index (κ1) is 12.0. The van der Waals surface area contributed by atoms with Crippen LogP contribution in [-0.4, -0.2) is 43.3 Å². The number of nitrogens with zero attached hydrogens (tertiary/aromatic N) is 1. The number of hydrogen-bond acceptors (Lipinski definition) is 3. The Morgan fingerprint density at radius 3 is 2.57 bits per heavy atom. The molecule has 3 nitrogen and oxygen atoms in total. The maximum Gasteiger partial charge on any atom is 0.0478 e. The van der Waals surface area contributed by atoms with E-state index in [1.54, 1.807) is 0 Å². The molecule has 84 valence electrons. The molecule has 14 heavy (non-hydrogen) atoms. The zero-order valence-electron chi connectivity index (χ0n) is 9.75. The number of hydrogen-bond donors (Lipinski definition) is 1. The summed E-state index contributed by atoms with van der Waals surface area (Å²) < 4.78 is 5.29. The fourth-order valence-corrected chi connectivity index (χ4v) is 1.84. The van der Waals surface area contributed by atoms with Crippen LogP contribution in [0.4, 0.5) is 0 Å². The maximum atomic E-state index is 6.19. The highest BCUT2D eigenvalue weighted by Gasteiger charge is 2.41. The number of rotatable bonds is 6. The van der Waals surface area contributed by atoms with Gasteiger partial charge in [0.1, 0.15) is 0 Å². The minimum absolute atomic E-state index is 0.0750. The van der Waals surface area contributed by atoms with Crippen molar-refractivity contribution in [3.05, 3.63) is 0 Å². The van der Waals surface area contributed by atoms with Gasteiger partial charge in [-0.2, -0.15) is 0 Å². The second-order valence-corrected chi connectivity index (χ2v) is 4.65. The van der Waals surface area contributed by atoms with E-state index < -0.39 is 0 Å². The molecule has 1 aliphatic rings. The number of nitrogens with two attached hydrogens (primary N) is 1. The Bertz CT molecular complexity index is 165. The SMILES string of the molecule is CCOCCCN1CC(N)(C(C)C)C1. The third-order valence-corrected chi connectivity index (χ3v) is 3.15. The van der Waals surface area contributed by atoms with Crippen LogP contribution in [0.25, 0.3) is 0 Å². The van der Waals surface area contributed by atoms with Gasteiger partial charge in [-0.15, -0.1) is 0 Å². The number of ether oxygens (including phenoxy) is 1. The highest BCUT2D eigenvalue weighted by molar-refractivity contribution is 5.01. The molecule has 1 rings (SSSR count). The third-order valence-electron chi connectivity index (χ3n) is 3.15. The summed E-state index contributed by atoms with van der Waals surface area (Å²) in [6, 6.07) is 0. The van der Waals surface area contributed by atoms with Crippen LogP contribution < -0.4 is 5.73 Å². The highest BCUT2D eigenvalue weighted by atomic mass is 16.5. The summed E-state index contributed by atoms with van der Waals surface area (Å²) in [5.41, 5.74) is 6.27. The third kappa shape index (κ3) is 2.94. The molecule has 0 aromatic rings. The Morgan fingerprint density at radius 1 is 1.43 bits per heavy atom. The largest absolute Gasteiger partial charge is 0.382 e. The summed E-state index contributed by atoms with van der Waals surface area (Å²) in [6.45, 7) is 11.4. The molecule has 0 aliphatic carbocycles. The standard InChI is InChI=1S/C11H24N2O/c1-4-14-7-5-6-13-8-11(12,9-13)10(2)3/h10H,4-9,12H2,1-3H3. The molecule has 0 aromatic heterocycles. The molecule has 0 radical (unpaired) electrons.